The van der Waals surface area contributed by atoms with E-state index < -0.39 is 10.0 Å². The van der Waals surface area contributed by atoms with Crippen LogP contribution < -0.4 is 0 Å². The van der Waals surface area contributed by atoms with Crippen molar-refractivity contribution in [2.24, 2.45) is 0 Å². The van der Waals surface area contributed by atoms with E-state index in [1.165, 1.54) is 24.3 Å². The first-order chi connectivity index (χ1) is 6.66. The fraction of sp³-hybridized carbons (Fsp3) is 0.909. The van der Waals surface area contributed by atoms with Gasteiger partial charge in [-0.1, -0.05) is 6.42 Å². The molecule has 0 saturated carbocycles. The SMILES string of the molecule is CS1(CCCC#N)CCCC[C@H](O)C1. The first kappa shape index (κ1) is 11.9. The first-order valence-electron chi connectivity index (χ1n) is 5.43. The Labute approximate surface area is 88.6 Å². The molecule has 3 heteroatoms. The van der Waals surface area contributed by atoms with E-state index in [1.807, 2.05) is 0 Å². The van der Waals surface area contributed by atoms with E-state index >= 15 is 0 Å². The van der Waals surface area contributed by atoms with Crippen molar-refractivity contribution >= 4 is 10.0 Å². The van der Waals surface area contributed by atoms with Crippen LogP contribution in [-0.4, -0.2) is 34.7 Å². The van der Waals surface area contributed by atoms with Crippen molar-refractivity contribution in [1.82, 2.24) is 0 Å². The van der Waals surface area contributed by atoms with Gasteiger partial charge in [-0.2, -0.15) is 5.26 Å². The van der Waals surface area contributed by atoms with Crippen LogP contribution in [0.4, 0.5) is 0 Å². The molecule has 1 heterocycles. The lowest BCUT2D eigenvalue weighted by Gasteiger charge is -2.35. The highest BCUT2D eigenvalue weighted by molar-refractivity contribution is 8.33. The largest absolute Gasteiger partial charge is 0.392 e. The number of aliphatic hydroxyl groups excluding tert-OH is 1. The predicted molar refractivity (Wildman–Crippen MR) is 62.8 cm³/mol. The van der Waals surface area contributed by atoms with Crippen molar-refractivity contribution in [3.05, 3.63) is 0 Å². The summed E-state index contributed by atoms with van der Waals surface area (Å²) in [4.78, 5) is 0. The molecular weight excluding hydrogens is 194 g/mol. The van der Waals surface area contributed by atoms with Gasteiger partial charge in [0, 0.05) is 12.2 Å². The highest BCUT2D eigenvalue weighted by Gasteiger charge is 2.24. The van der Waals surface area contributed by atoms with E-state index in [1.54, 1.807) is 0 Å². The van der Waals surface area contributed by atoms with Gasteiger partial charge in [-0.15, -0.1) is 0 Å². The first-order valence-corrected chi connectivity index (χ1v) is 7.97. The molecule has 1 fully saturated rings. The highest BCUT2D eigenvalue weighted by atomic mass is 32.3. The van der Waals surface area contributed by atoms with Crippen LogP contribution in [0.3, 0.4) is 0 Å². The third-order valence-electron chi connectivity index (χ3n) is 2.94. The summed E-state index contributed by atoms with van der Waals surface area (Å²) < 4.78 is 0. The van der Waals surface area contributed by atoms with Crippen molar-refractivity contribution < 1.29 is 5.11 Å². The lowest BCUT2D eigenvalue weighted by atomic mass is 10.2. The summed E-state index contributed by atoms with van der Waals surface area (Å²) in [5.74, 6) is 3.49. The second kappa shape index (κ2) is 5.63. The summed E-state index contributed by atoms with van der Waals surface area (Å²) >= 11 is 0. The lowest BCUT2D eigenvalue weighted by molar-refractivity contribution is 0.187. The molecule has 0 aromatic heterocycles. The van der Waals surface area contributed by atoms with Crippen LogP contribution in [0.2, 0.25) is 0 Å². The third-order valence-corrected chi connectivity index (χ3v) is 6.68. The maximum atomic E-state index is 9.74. The number of hydrogen-bond donors (Lipinski definition) is 1. The molecule has 2 atom stereocenters. The summed E-state index contributed by atoms with van der Waals surface area (Å²) in [6.45, 7) is 0. The molecule has 0 radical (unpaired) electrons. The van der Waals surface area contributed by atoms with E-state index in [4.69, 9.17) is 5.26 Å². The van der Waals surface area contributed by atoms with E-state index in [2.05, 4.69) is 12.3 Å². The molecule has 0 amide bonds. The Balaban J connectivity index is 2.40. The fourth-order valence-corrected chi connectivity index (χ4v) is 5.52. The minimum absolute atomic E-state index is 0.0698. The zero-order valence-electron chi connectivity index (χ0n) is 9.04. The molecule has 2 nitrogen and oxygen atoms in total. The van der Waals surface area contributed by atoms with Crippen LogP contribution in [0.25, 0.3) is 0 Å². The van der Waals surface area contributed by atoms with Crippen molar-refractivity contribution in [2.45, 2.75) is 38.2 Å². The van der Waals surface area contributed by atoms with Gasteiger partial charge in [0.2, 0.25) is 0 Å². The minimum Gasteiger partial charge on any atom is -0.392 e. The van der Waals surface area contributed by atoms with Crippen molar-refractivity contribution in [2.75, 3.05) is 23.5 Å². The number of rotatable bonds is 3. The van der Waals surface area contributed by atoms with Gasteiger partial charge in [0.15, 0.2) is 0 Å². The minimum atomic E-state index is -0.599. The second-order valence-electron chi connectivity index (χ2n) is 4.46. The summed E-state index contributed by atoms with van der Waals surface area (Å²) in [6.07, 6.45) is 7.42. The molecule has 1 unspecified atom stereocenters. The average molecular weight is 215 g/mol. The van der Waals surface area contributed by atoms with Crippen LogP contribution in [0.15, 0.2) is 0 Å². The van der Waals surface area contributed by atoms with Crippen LogP contribution in [0.1, 0.15) is 32.1 Å². The smallest absolute Gasteiger partial charge is 0.0622 e. The number of nitrogens with zero attached hydrogens (tertiary/aromatic N) is 1. The van der Waals surface area contributed by atoms with Gasteiger partial charge in [-0.05, 0) is 37.0 Å². The summed E-state index contributed by atoms with van der Waals surface area (Å²) in [5, 5.41) is 18.2. The van der Waals surface area contributed by atoms with E-state index in [0.717, 1.165) is 18.6 Å². The van der Waals surface area contributed by atoms with Gasteiger partial charge in [-0.3, -0.25) is 0 Å². The molecule has 0 aliphatic carbocycles. The predicted octanol–water partition coefficient (Wildman–Crippen LogP) is 2.27. The zero-order chi connectivity index (χ0) is 10.4. The van der Waals surface area contributed by atoms with Gasteiger partial charge < -0.3 is 5.11 Å². The van der Waals surface area contributed by atoms with Gasteiger partial charge in [0.05, 0.1) is 12.2 Å². The number of hydrogen-bond acceptors (Lipinski definition) is 2. The summed E-state index contributed by atoms with van der Waals surface area (Å²) in [6, 6.07) is 2.20. The third kappa shape index (κ3) is 3.89. The molecule has 1 saturated heterocycles. The fourth-order valence-electron chi connectivity index (χ4n) is 2.15. The Hall–Kier alpha value is -0.200. The normalized spacial score (nSPS) is 37.9. The van der Waals surface area contributed by atoms with E-state index in [9.17, 15) is 5.11 Å². The van der Waals surface area contributed by atoms with E-state index in [0.29, 0.717) is 6.42 Å². The Bertz CT molecular complexity index is 214. The molecule has 82 valence electrons. The van der Waals surface area contributed by atoms with Crippen molar-refractivity contribution in [3.8, 4) is 6.07 Å². The molecule has 0 aromatic carbocycles. The Morgan fingerprint density at radius 1 is 1.50 bits per heavy atom. The van der Waals surface area contributed by atoms with Crippen LogP contribution in [-0.2, 0) is 0 Å². The van der Waals surface area contributed by atoms with Crippen LogP contribution >= 0.6 is 10.0 Å². The van der Waals surface area contributed by atoms with Gasteiger partial charge in [0.25, 0.3) is 0 Å². The van der Waals surface area contributed by atoms with Crippen molar-refractivity contribution in [1.29, 1.82) is 5.26 Å². The summed E-state index contributed by atoms with van der Waals surface area (Å²) in [7, 11) is -0.599. The molecular formula is C11H21NOS. The summed E-state index contributed by atoms with van der Waals surface area (Å²) in [5.41, 5.74) is 0. The Morgan fingerprint density at radius 3 is 3.00 bits per heavy atom. The molecule has 0 spiro atoms. The van der Waals surface area contributed by atoms with Crippen LogP contribution in [0.5, 0.6) is 0 Å². The quantitative estimate of drug-likeness (QED) is 0.734. The molecule has 1 rings (SSSR count). The maximum absolute atomic E-state index is 9.74. The molecule has 1 aliphatic rings. The topological polar surface area (TPSA) is 44.0 Å². The Morgan fingerprint density at radius 2 is 2.29 bits per heavy atom. The molecule has 1 N–H and O–H groups in total. The van der Waals surface area contributed by atoms with Crippen molar-refractivity contribution in [3.63, 3.8) is 0 Å². The second-order valence-corrected chi connectivity index (χ2v) is 8.57. The molecule has 1 aliphatic heterocycles. The zero-order valence-corrected chi connectivity index (χ0v) is 9.85. The lowest BCUT2D eigenvalue weighted by Crippen LogP contribution is -2.19. The monoisotopic (exact) mass is 215 g/mol. The average Bonchev–Trinajstić information content (AvgIpc) is 2.28. The van der Waals surface area contributed by atoms with Gasteiger partial charge in [-0.25, -0.2) is 10.0 Å². The molecule has 0 aromatic rings. The van der Waals surface area contributed by atoms with Crippen LogP contribution in [0, 0.1) is 11.3 Å². The maximum Gasteiger partial charge on any atom is 0.0622 e. The van der Waals surface area contributed by atoms with Gasteiger partial charge in [0.1, 0.15) is 0 Å². The van der Waals surface area contributed by atoms with E-state index in [-0.39, 0.29) is 6.10 Å². The van der Waals surface area contributed by atoms with Gasteiger partial charge >= 0.3 is 0 Å². The number of unbranched alkanes of at least 4 members (excludes halogenated alkanes) is 1. The standard InChI is InChI=1S/C11H21NOS/c1-14(9-5-3-7-12)8-4-2-6-11(13)10-14/h11,13H,2-6,8-10H2,1H3/t11-/m0/s1. The number of nitriles is 1. The molecule has 0 bridgehead atoms. The number of aliphatic hydroxyl groups is 1. The Kier molecular flexibility index (Phi) is 4.77. The highest BCUT2D eigenvalue weighted by Crippen LogP contribution is 2.48. The molecule has 14 heavy (non-hydrogen) atoms.